The molecular formula is C30H30N4O5S. The number of nitrogens with one attached hydrogen (secondary N) is 2. The lowest BCUT2D eigenvalue weighted by Crippen LogP contribution is -2.31. The van der Waals surface area contributed by atoms with Crippen LogP contribution in [0.3, 0.4) is 0 Å². The minimum Gasteiger partial charge on any atom is -0.455 e. The first-order valence-electron chi connectivity index (χ1n) is 12.5. The van der Waals surface area contributed by atoms with Crippen LogP contribution in [0.1, 0.15) is 22.3 Å². The van der Waals surface area contributed by atoms with Crippen molar-refractivity contribution in [2.45, 2.75) is 20.8 Å². The van der Waals surface area contributed by atoms with Crippen LogP contribution in [0.4, 0.5) is 5.82 Å². The topological polar surface area (TPSA) is 119 Å². The molecule has 0 bridgehead atoms. The Kier molecular flexibility index (Phi) is 8.93. The molecule has 0 spiro atoms. The molecule has 4 aromatic rings. The monoisotopic (exact) mass is 558 g/mol. The molecule has 1 aromatic heterocycles. The average molecular weight is 559 g/mol. The Morgan fingerprint density at radius 1 is 0.900 bits per heavy atom. The van der Waals surface area contributed by atoms with Gasteiger partial charge in [-0.05, 0) is 67.3 Å². The summed E-state index contributed by atoms with van der Waals surface area (Å²) in [5.41, 5.74) is 6.39. The Morgan fingerprint density at radius 2 is 1.55 bits per heavy atom. The molecule has 206 valence electrons. The normalized spacial score (nSPS) is 11.5. The maximum absolute atomic E-state index is 12.7. The van der Waals surface area contributed by atoms with Crippen molar-refractivity contribution in [3.63, 3.8) is 0 Å². The van der Waals surface area contributed by atoms with Gasteiger partial charge < -0.3 is 10.1 Å². The van der Waals surface area contributed by atoms with E-state index in [2.05, 4.69) is 22.2 Å². The molecule has 0 saturated carbocycles. The van der Waals surface area contributed by atoms with Gasteiger partial charge in [-0.1, -0.05) is 54.6 Å². The number of hydrogen-bond acceptors (Lipinski definition) is 6. The molecule has 0 aliphatic heterocycles. The van der Waals surface area contributed by atoms with Gasteiger partial charge in [-0.15, -0.1) is 0 Å². The molecule has 0 aliphatic rings. The lowest BCUT2D eigenvalue weighted by atomic mass is 9.99. The number of carbonyl (C=O) groups is 2. The Labute approximate surface area is 233 Å². The molecule has 0 aliphatic carbocycles. The number of esters is 1. The predicted octanol–water partition coefficient (Wildman–Crippen LogP) is 4.54. The number of nitrogens with zero attached hydrogens (tertiary/aromatic N) is 2. The Hall–Kier alpha value is -4.54. The van der Waals surface area contributed by atoms with Gasteiger partial charge in [0.15, 0.2) is 6.61 Å². The van der Waals surface area contributed by atoms with Gasteiger partial charge in [0.25, 0.3) is 5.91 Å². The number of ether oxygens (including phenoxy) is 1. The number of anilines is 1. The summed E-state index contributed by atoms with van der Waals surface area (Å²) >= 11 is 0. The van der Waals surface area contributed by atoms with Gasteiger partial charge >= 0.3 is 5.97 Å². The van der Waals surface area contributed by atoms with Crippen molar-refractivity contribution in [1.29, 1.82) is 0 Å². The van der Waals surface area contributed by atoms with Crippen LogP contribution in [0.2, 0.25) is 0 Å². The number of para-hydroxylation sites is 1. The molecular weight excluding hydrogens is 528 g/mol. The van der Waals surface area contributed by atoms with Crippen molar-refractivity contribution >= 4 is 33.8 Å². The van der Waals surface area contributed by atoms with Crippen LogP contribution in [0.25, 0.3) is 23.0 Å². The summed E-state index contributed by atoms with van der Waals surface area (Å²) in [5.74, 6) is -1.10. The fraction of sp³-hybridized carbons (Fsp3) is 0.167. The molecule has 10 heteroatoms. The summed E-state index contributed by atoms with van der Waals surface area (Å²) in [4.78, 5) is 24.8. The maximum Gasteiger partial charge on any atom is 0.321 e. The Bertz CT molecular complexity index is 1650. The highest BCUT2D eigenvalue weighted by Gasteiger charge is 2.17. The SMILES string of the molecule is Cc1cc(C)c(-c2cc(NC(=O)COC(=O)CNS(=O)(=O)C=Cc3ccccc3)n(-c3ccccc3)n2)cc1C. The highest BCUT2D eigenvalue weighted by molar-refractivity contribution is 7.92. The minimum absolute atomic E-state index is 0.395. The number of amides is 1. The first kappa shape index (κ1) is 28.5. The third kappa shape index (κ3) is 7.52. The highest BCUT2D eigenvalue weighted by Crippen LogP contribution is 2.29. The van der Waals surface area contributed by atoms with Crippen molar-refractivity contribution in [3.05, 3.63) is 107 Å². The van der Waals surface area contributed by atoms with E-state index in [9.17, 15) is 18.0 Å². The smallest absolute Gasteiger partial charge is 0.321 e. The van der Waals surface area contributed by atoms with Gasteiger partial charge in [-0.2, -0.15) is 5.10 Å². The quantitative estimate of drug-likeness (QED) is 0.276. The van der Waals surface area contributed by atoms with Gasteiger partial charge in [0.1, 0.15) is 12.4 Å². The molecule has 4 rings (SSSR count). The van der Waals surface area contributed by atoms with E-state index in [1.807, 2.05) is 57.2 Å². The summed E-state index contributed by atoms with van der Waals surface area (Å²) in [6.45, 7) is 4.87. The zero-order valence-electron chi connectivity index (χ0n) is 22.4. The number of aromatic nitrogens is 2. The van der Waals surface area contributed by atoms with Crippen LogP contribution in [0, 0.1) is 20.8 Å². The summed E-state index contributed by atoms with van der Waals surface area (Å²) in [6.07, 6.45) is 1.41. The fourth-order valence-corrected chi connectivity index (χ4v) is 4.67. The summed E-state index contributed by atoms with van der Waals surface area (Å²) in [5, 5.41) is 8.44. The van der Waals surface area contributed by atoms with Crippen LogP contribution in [0.5, 0.6) is 0 Å². The van der Waals surface area contributed by atoms with Crippen LogP contribution in [0.15, 0.2) is 84.3 Å². The fourth-order valence-electron chi connectivity index (χ4n) is 3.92. The van der Waals surface area contributed by atoms with E-state index >= 15 is 0 Å². The van der Waals surface area contributed by atoms with Crippen molar-refractivity contribution in [2.24, 2.45) is 0 Å². The second-order valence-corrected chi connectivity index (χ2v) is 10.9. The Morgan fingerprint density at radius 3 is 2.25 bits per heavy atom. The number of aryl methyl sites for hydroxylation is 3. The molecule has 0 atom stereocenters. The van der Waals surface area contributed by atoms with E-state index in [4.69, 9.17) is 9.84 Å². The van der Waals surface area contributed by atoms with Crippen LogP contribution >= 0.6 is 0 Å². The first-order chi connectivity index (χ1) is 19.1. The van der Waals surface area contributed by atoms with Gasteiger partial charge in [-0.3, -0.25) is 9.59 Å². The third-order valence-electron chi connectivity index (χ3n) is 6.12. The van der Waals surface area contributed by atoms with E-state index in [-0.39, 0.29) is 0 Å². The summed E-state index contributed by atoms with van der Waals surface area (Å²) in [6, 6.07) is 24.1. The van der Waals surface area contributed by atoms with Crippen LogP contribution in [-0.4, -0.2) is 43.2 Å². The van der Waals surface area contributed by atoms with Crippen molar-refractivity contribution in [2.75, 3.05) is 18.5 Å². The zero-order chi connectivity index (χ0) is 28.7. The molecule has 1 amide bonds. The van der Waals surface area contributed by atoms with Crippen LogP contribution in [-0.2, 0) is 24.3 Å². The van der Waals surface area contributed by atoms with E-state index < -0.39 is 35.1 Å². The number of sulfonamides is 1. The van der Waals surface area contributed by atoms with E-state index in [1.165, 1.54) is 11.6 Å². The molecule has 3 aromatic carbocycles. The molecule has 9 nitrogen and oxygen atoms in total. The van der Waals surface area contributed by atoms with Crippen LogP contribution < -0.4 is 10.0 Å². The molecule has 0 radical (unpaired) electrons. The molecule has 2 N–H and O–H groups in total. The molecule has 0 fully saturated rings. The number of rotatable bonds is 10. The molecule has 0 unspecified atom stereocenters. The second kappa shape index (κ2) is 12.5. The molecule has 0 saturated heterocycles. The number of carbonyl (C=O) groups excluding carboxylic acids is 2. The van der Waals surface area contributed by atoms with Crippen molar-refractivity contribution in [3.8, 4) is 16.9 Å². The predicted molar refractivity (Wildman–Crippen MR) is 155 cm³/mol. The summed E-state index contributed by atoms with van der Waals surface area (Å²) < 4.78 is 33.0. The van der Waals surface area contributed by atoms with Gasteiger partial charge in [0.2, 0.25) is 10.0 Å². The zero-order valence-corrected chi connectivity index (χ0v) is 23.2. The maximum atomic E-state index is 12.7. The first-order valence-corrected chi connectivity index (χ1v) is 14.1. The third-order valence-corrected chi connectivity index (χ3v) is 7.16. The standard InChI is InChI=1S/C30H30N4O5S/c1-21-16-23(3)26(17-22(21)2)27-18-28(34(33-27)25-12-8-5-9-13-25)32-29(35)20-39-30(36)19-31-40(37,38)15-14-24-10-6-4-7-11-24/h4-18,31H,19-20H2,1-3H3,(H,32,35). The molecule has 40 heavy (non-hydrogen) atoms. The van der Waals surface area contributed by atoms with Crippen molar-refractivity contribution in [1.82, 2.24) is 14.5 Å². The number of benzene rings is 3. The second-order valence-electron chi connectivity index (χ2n) is 9.20. The summed E-state index contributed by atoms with van der Waals surface area (Å²) in [7, 11) is -3.87. The van der Waals surface area contributed by atoms with Crippen molar-refractivity contribution < 1.29 is 22.7 Å². The average Bonchev–Trinajstić information content (AvgIpc) is 3.36. The molecule has 1 heterocycles. The highest BCUT2D eigenvalue weighted by atomic mass is 32.2. The number of hydrogen-bond donors (Lipinski definition) is 2. The van der Waals surface area contributed by atoms with Gasteiger partial charge in [0, 0.05) is 17.0 Å². The van der Waals surface area contributed by atoms with E-state index in [0.29, 0.717) is 17.1 Å². The Balaban J connectivity index is 1.41. The van der Waals surface area contributed by atoms with E-state index in [0.717, 1.165) is 27.8 Å². The largest absolute Gasteiger partial charge is 0.455 e. The van der Waals surface area contributed by atoms with Gasteiger partial charge in [-0.25, -0.2) is 17.8 Å². The lowest BCUT2D eigenvalue weighted by Gasteiger charge is -2.09. The van der Waals surface area contributed by atoms with E-state index in [1.54, 1.807) is 35.0 Å². The van der Waals surface area contributed by atoms with Gasteiger partial charge in [0.05, 0.1) is 11.4 Å². The minimum atomic E-state index is -3.87. The lowest BCUT2D eigenvalue weighted by molar-refractivity contribution is -0.146.